The molecule has 0 heterocycles. The van der Waals surface area contributed by atoms with Crippen molar-refractivity contribution in [3.8, 4) is 11.5 Å². The summed E-state index contributed by atoms with van der Waals surface area (Å²) in [5, 5.41) is 18.9. The summed E-state index contributed by atoms with van der Waals surface area (Å²) in [6.07, 6.45) is -0.212. The van der Waals surface area contributed by atoms with Crippen molar-refractivity contribution in [1.29, 1.82) is 0 Å². The van der Waals surface area contributed by atoms with E-state index >= 15 is 0 Å². The molecule has 0 radical (unpaired) electrons. The number of hydrogen-bond acceptors (Lipinski definition) is 14. The minimum absolute atomic E-state index is 0.0699. The first-order chi connectivity index (χ1) is 35.0. The van der Waals surface area contributed by atoms with Crippen molar-refractivity contribution < 1.29 is 47.9 Å². The lowest BCUT2D eigenvalue weighted by Gasteiger charge is -2.11. The number of carbonyl (C=O) groups excluding carboxylic acids is 6. The normalized spacial score (nSPS) is 10.9. The third-order valence-electron chi connectivity index (χ3n) is 10.3. The molecular weight excluding hydrogens is 921 g/mol. The minimum atomic E-state index is -0.828. The van der Waals surface area contributed by atoms with E-state index in [2.05, 4.69) is 41.6 Å². The Bertz CT molecular complexity index is 3030. The topological polar surface area (TPSA) is 237 Å². The molecule has 0 atom stereocenters. The lowest BCUT2D eigenvalue weighted by atomic mass is 10.0. The van der Waals surface area contributed by atoms with Gasteiger partial charge < -0.3 is 20.1 Å². The molecule has 4 N–H and O–H groups in total. The summed E-state index contributed by atoms with van der Waals surface area (Å²) in [5.41, 5.74) is 7.42. The Hall–Kier alpha value is -10.3. The fourth-order valence-electron chi connectivity index (χ4n) is 6.75. The Morgan fingerprint density at radius 3 is 1.22 bits per heavy atom. The van der Waals surface area contributed by atoms with Crippen LogP contribution in [0.2, 0.25) is 0 Å². The molecule has 0 aliphatic heterocycles. The third-order valence-corrected chi connectivity index (χ3v) is 10.3. The van der Waals surface area contributed by atoms with Crippen molar-refractivity contribution in [2.24, 2.45) is 20.3 Å². The molecule has 18 heteroatoms. The van der Waals surface area contributed by atoms with E-state index in [1.54, 1.807) is 135 Å². The molecule has 0 saturated carbocycles. The summed E-state index contributed by atoms with van der Waals surface area (Å²) < 4.78 is 10.9. The zero-order valence-corrected chi connectivity index (χ0v) is 38.5. The van der Waals surface area contributed by atoms with Crippen LogP contribution in [0.15, 0.2) is 190 Å². The number of oxime groups is 2. The van der Waals surface area contributed by atoms with Gasteiger partial charge in [0.1, 0.15) is 22.9 Å². The van der Waals surface area contributed by atoms with Gasteiger partial charge >= 0.3 is 24.4 Å². The smallest absolute Gasteiger partial charge is 0.410 e. The van der Waals surface area contributed by atoms with Crippen molar-refractivity contribution in [2.45, 2.75) is 26.9 Å². The highest BCUT2D eigenvalue weighted by atomic mass is 16.7. The lowest BCUT2D eigenvalue weighted by molar-refractivity contribution is 0.149. The van der Waals surface area contributed by atoms with Gasteiger partial charge in [0.15, 0.2) is 0 Å². The fourth-order valence-corrected chi connectivity index (χ4v) is 6.75. The predicted molar refractivity (Wildman–Crippen MR) is 267 cm³/mol. The summed E-state index contributed by atoms with van der Waals surface area (Å²) >= 11 is 0. The molecule has 7 aromatic rings. The number of rotatable bonds is 16. The van der Waals surface area contributed by atoms with Crippen LogP contribution in [0.1, 0.15) is 44.5 Å². The zero-order valence-electron chi connectivity index (χ0n) is 38.5. The highest BCUT2D eigenvalue weighted by molar-refractivity contribution is 6.13. The molecule has 7 aromatic carbocycles. The van der Waals surface area contributed by atoms with Crippen LogP contribution in [0.5, 0.6) is 11.5 Å². The summed E-state index contributed by atoms with van der Waals surface area (Å²) in [6.45, 7) is 3.68. The summed E-state index contributed by atoms with van der Waals surface area (Å²) in [4.78, 5) is 90.4. The van der Waals surface area contributed by atoms with Crippen LogP contribution in [-0.2, 0) is 32.4 Å². The van der Waals surface area contributed by atoms with E-state index in [0.29, 0.717) is 67.6 Å². The minimum Gasteiger partial charge on any atom is -0.410 e. The SMILES string of the molecule is Cc1ccc(NC(=O)Oc2ccc(/C(=N/OC(=O)NCc3cccc(CNC(=O)O/N=C(\c4ccccc4)c4ccc(OC(=O)Nc5ccc(C)c(N=C=O)c5)cc4)c3)c3ccccc3)cc2)cc1N=C=O. The van der Waals surface area contributed by atoms with E-state index in [-0.39, 0.29) is 24.6 Å². The molecule has 0 aromatic heterocycles. The number of anilines is 2. The third kappa shape index (κ3) is 14.4. The van der Waals surface area contributed by atoms with Crippen LogP contribution in [-0.4, -0.2) is 48.0 Å². The summed E-state index contributed by atoms with van der Waals surface area (Å²) in [7, 11) is 0. The molecule has 4 amide bonds. The van der Waals surface area contributed by atoms with Crippen LogP contribution in [0.4, 0.5) is 41.9 Å². The van der Waals surface area contributed by atoms with Gasteiger partial charge in [-0.15, -0.1) is 0 Å². The van der Waals surface area contributed by atoms with Crippen molar-refractivity contribution >= 4 is 70.7 Å². The van der Waals surface area contributed by atoms with Gasteiger partial charge in [0.25, 0.3) is 0 Å². The van der Waals surface area contributed by atoms with Crippen molar-refractivity contribution in [3.05, 3.63) is 214 Å². The molecule has 0 aliphatic carbocycles. The van der Waals surface area contributed by atoms with Crippen LogP contribution in [0.25, 0.3) is 0 Å². The Labute approximate surface area is 411 Å². The molecular formula is C54H42N8O10. The molecule has 0 bridgehead atoms. The number of aliphatic imine (C=N–C) groups is 2. The maximum atomic E-state index is 12.9. The Balaban J connectivity index is 0.915. The number of amides is 4. The number of aryl methyl sites for hydroxylation is 2. The maximum absolute atomic E-state index is 12.9. The van der Waals surface area contributed by atoms with Gasteiger partial charge in [-0.25, -0.2) is 28.8 Å². The number of hydrogen-bond donors (Lipinski definition) is 4. The number of isocyanates is 2. The number of nitrogens with one attached hydrogen (secondary N) is 4. The molecule has 0 fully saturated rings. The summed E-state index contributed by atoms with van der Waals surface area (Å²) in [6, 6.07) is 47.8. The van der Waals surface area contributed by atoms with E-state index in [0.717, 1.165) is 11.1 Å². The Morgan fingerprint density at radius 2 is 0.833 bits per heavy atom. The predicted octanol–water partition coefficient (Wildman–Crippen LogP) is 10.8. The monoisotopic (exact) mass is 962 g/mol. The maximum Gasteiger partial charge on any atom is 0.433 e. The lowest BCUT2D eigenvalue weighted by Crippen LogP contribution is -2.24. The molecule has 0 saturated heterocycles. The molecule has 18 nitrogen and oxygen atoms in total. The first kappa shape index (κ1) is 49.6. The number of benzene rings is 7. The molecule has 72 heavy (non-hydrogen) atoms. The average molecular weight is 963 g/mol. The van der Waals surface area contributed by atoms with Crippen molar-refractivity contribution in [2.75, 3.05) is 10.6 Å². The van der Waals surface area contributed by atoms with Crippen LogP contribution >= 0.6 is 0 Å². The van der Waals surface area contributed by atoms with Gasteiger partial charge in [0.2, 0.25) is 12.2 Å². The van der Waals surface area contributed by atoms with E-state index < -0.39 is 24.4 Å². The first-order valence-electron chi connectivity index (χ1n) is 21.8. The molecule has 0 spiro atoms. The van der Waals surface area contributed by atoms with Crippen molar-refractivity contribution in [1.82, 2.24) is 10.6 Å². The Kier molecular flexibility index (Phi) is 17.0. The zero-order chi connectivity index (χ0) is 50.7. The average Bonchev–Trinajstić information content (AvgIpc) is 3.39. The second kappa shape index (κ2) is 24.7. The van der Waals surface area contributed by atoms with Gasteiger partial charge in [0, 0.05) is 46.7 Å². The van der Waals surface area contributed by atoms with Gasteiger partial charge in [-0.3, -0.25) is 20.3 Å². The second-order valence-corrected chi connectivity index (χ2v) is 15.4. The van der Waals surface area contributed by atoms with E-state index in [1.165, 1.54) is 24.3 Å². The first-order valence-corrected chi connectivity index (χ1v) is 21.8. The second-order valence-electron chi connectivity index (χ2n) is 15.4. The van der Waals surface area contributed by atoms with Crippen LogP contribution < -0.4 is 30.7 Å². The molecule has 0 unspecified atom stereocenters. The highest BCUT2D eigenvalue weighted by Crippen LogP contribution is 2.25. The van der Waals surface area contributed by atoms with Gasteiger partial charge in [-0.1, -0.05) is 107 Å². The van der Waals surface area contributed by atoms with Gasteiger partial charge in [-0.05, 0) is 109 Å². The molecule has 358 valence electrons. The number of nitrogens with zero attached hydrogens (tertiary/aromatic N) is 4. The Morgan fingerprint density at radius 1 is 0.444 bits per heavy atom. The summed E-state index contributed by atoms with van der Waals surface area (Å²) in [5.74, 6) is 0.447. The van der Waals surface area contributed by atoms with Crippen LogP contribution in [0.3, 0.4) is 0 Å². The molecule has 7 rings (SSSR count). The number of carbonyl (C=O) groups is 4. The van der Waals surface area contributed by atoms with Crippen molar-refractivity contribution in [3.63, 3.8) is 0 Å². The standard InChI is InChI=1S/C54H42N8O10/c1-35-16-22-43(29-47(35)57-33-63)59-53(67)69-45-24-18-41(19-25-45)49(39-12-5-3-6-13-39)61-71-51(65)55-31-37-10-9-11-38(28-37)32-56-52(66)72-62-50(40-14-7-4-8-15-40)42-20-26-46(27-21-42)70-54(68)60-44-23-17-36(2)48(30-44)58-34-64/h3-30H,31-32H2,1-2H3,(H,55,65)(H,56,66)(H,59,67)(H,60,68)/b61-49+,62-50+. The number of ether oxygens (including phenoxy) is 2. The largest absolute Gasteiger partial charge is 0.433 e. The van der Waals surface area contributed by atoms with E-state index in [4.69, 9.17) is 19.1 Å². The van der Waals surface area contributed by atoms with E-state index in [1.807, 2.05) is 36.4 Å². The van der Waals surface area contributed by atoms with Gasteiger partial charge in [-0.2, -0.15) is 9.98 Å². The van der Waals surface area contributed by atoms with Gasteiger partial charge in [0.05, 0.1) is 11.4 Å². The molecule has 0 aliphatic rings. The highest BCUT2D eigenvalue weighted by Gasteiger charge is 2.15. The van der Waals surface area contributed by atoms with Crippen LogP contribution in [0, 0.1) is 13.8 Å². The quantitative estimate of drug-likeness (QED) is 0.0309. The van der Waals surface area contributed by atoms with E-state index in [9.17, 15) is 28.8 Å². The fraction of sp³-hybridized carbons (Fsp3) is 0.0741.